The van der Waals surface area contributed by atoms with E-state index in [1.807, 2.05) is 0 Å². The summed E-state index contributed by atoms with van der Waals surface area (Å²) in [7, 11) is 3.15. The van der Waals surface area contributed by atoms with Gasteiger partial charge in [-0.25, -0.2) is 22.4 Å². The van der Waals surface area contributed by atoms with Crippen molar-refractivity contribution in [3.63, 3.8) is 0 Å². The Morgan fingerprint density at radius 2 is 1.84 bits per heavy atom. The smallest absolute Gasteiger partial charge is 0.320 e. The normalized spacial score (nSPS) is 19.5. The molecule has 31 heavy (non-hydrogen) atoms. The number of carbonyl (C=O) groups is 1. The van der Waals surface area contributed by atoms with Crippen LogP contribution >= 0.6 is 0 Å². The van der Waals surface area contributed by atoms with Gasteiger partial charge in [-0.3, -0.25) is 0 Å². The van der Waals surface area contributed by atoms with Crippen molar-refractivity contribution in [3.05, 3.63) is 77.4 Å². The fourth-order valence-electron chi connectivity index (χ4n) is 3.94. The third-order valence-electron chi connectivity index (χ3n) is 5.57. The molecule has 0 saturated carbocycles. The van der Waals surface area contributed by atoms with Crippen molar-refractivity contribution in [1.82, 2.24) is 9.80 Å². The molecule has 0 aromatic heterocycles. The summed E-state index contributed by atoms with van der Waals surface area (Å²) in [5.74, 6) is -1.24. The summed E-state index contributed by atoms with van der Waals surface area (Å²) in [5, 5.41) is 0. The van der Waals surface area contributed by atoms with Gasteiger partial charge in [-0.2, -0.15) is 0 Å². The van der Waals surface area contributed by atoms with E-state index in [0.717, 1.165) is 18.2 Å². The highest BCUT2D eigenvalue weighted by atomic mass is 19.3. The number of hydrogen-bond donors (Lipinski definition) is 1. The lowest BCUT2D eigenvalue weighted by atomic mass is 9.83. The molecule has 2 atom stereocenters. The van der Waals surface area contributed by atoms with Crippen LogP contribution in [0.1, 0.15) is 24.0 Å². The Hall–Kier alpha value is -2.87. The van der Waals surface area contributed by atoms with Crippen LogP contribution in [0.3, 0.4) is 0 Å². The largest absolute Gasteiger partial charge is 0.331 e. The van der Waals surface area contributed by atoms with Crippen LogP contribution in [0.2, 0.25) is 0 Å². The molecule has 8 heteroatoms. The van der Waals surface area contributed by atoms with Gasteiger partial charge in [0.05, 0.1) is 11.6 Å². The molecule has 2 aromatic carbocycles. The van der Waals surface area contributed by atoms with Crippen molar-refractivity contribution in [1.29, 1.82) is 0 Å². The van der Waals surface area contributed by atoms with E-state index in [1.165, 1.54) is 9.80 Å². The van der Waals surface area contributed by atoms with E-state index >= 15 is 0 Å². The predicted molar refractivity (Wildman–Crippen MR) is 111 cm³/mol. The summed E-state index contributed by atoms with van der Waals surface area (Å²) < 4.78 is 54.7. The van der Waals surface area contributed by atoms with Crippen LogP contribution < -0.4 is 5.73 Å². The van der Waals surface area contributed by atoms with Crippen molar-refractivity contribution >= 4 is 11.6 Å². The Kier molecular flexibility index (Phi) is 6.69. The summed E-state index contributed by atoms with van der Waals surface area (Å²) in [6.07, 6.45) is -1.00. The van der Waals surface area contributed by atoms with Crippen LogP contribution in [0.15, 0.2) is 54.6 Å². The number of nitrogens with two attached hydrogens (primary N) is 1. The zero-order valence-electron chi connectivity index (χ0n) is 17.4. The summed E-state index contributed by atoms with van der Waals surface area (Å²) in [4.78, 5) is 16.0. The Bertz CT molecular complexity index is 965. The summed E-state index contributed by atoms with van der Waals surface area (Å²) >= 11 is 0. The molecule has 2 N–H and O–H groups in total. The molecule has 1 aliphatic heterocycles. The van der Waals surface area contributed by atoms with Crippen LogP contribution in [0, 0.1) is 11.6 Å². The maximum Gasteiger partial charge on any atom is 0.320 e. The van der Waals surface area contributed by atoms with E-state index in [2.05, 4.69) is 0 Å². The van der Waals surface area contributed by atoms with Gasteiger partial charge in [-0.1, -0.05) is 30.3 Å². The molecule has 1 unspecified atom stereocenters. The van der Waals surface area contributed by atoms with E-state index in [0.29, 0.717) is 11.1 Å². The van der Waals surface area contributed by atoms with Crippen LogP contribution in [-0.4, -0.2) is 48.9 Å². The molecule has 166 valence electrons. The Labute approximate surface area is 178 Å². The second-order valence-corrected chi connectivity index (χ2v) is 7.88. The minimum absolute atomic E-state index is 0.00377. The SMILES string of the molecule is CN(C)C(=O)N1CC(c2cc(F)ccc2F)=C[C@@]1(CCC(N)C(F)F)c1ccccc1. The number of halogens is 4. The number of alkyl halides is 2. The highest BCUT2D eigenvalue weighted by Gasteiger charge is 2.45. The van der Waals surface area contributed by atoms with Gasteiger partial charge < -0.3 is 15.5 Å². The topological polar surface area (TPSA) is 49.6 Å². The lowest BCUT2D eigenvalue weighted by molar-refractivity contribution is 0.0950. The number of amides is 2. The minimum Gasteiger partial charge on any atom is -0.331 e. The van der Waals surface area contributed by atoms with Crippen LogP contribution in [-0.2, 0) is 5.54 Å². The number of nitrogens with zero attached hydrogens (tertiary/aromatic N) is 2. The van der Waals surface area contributed by atoms with Crippen LogP contribution in [0.5, 0.6) is 0 Å². The molecule has 1 heterocycles. The number of urea groups is 1. The maximum atomic E-state index is 14.5. The fourth-order valence-corrected chi connectivity index (χ4v) is 3.94. The van der Waals surface area contributed by atoms with Crippen molar-refractivity contribution in [2.24, 2.45) is 5.73 Å². The lowest BCUT2D eigenvalue weighted by Gasteiger charge is -2.40. The number of carbonyl (C=O) groups excluding carboxylic acids is 1. The highest BCUT2D eigenvalue weighted by Crippen LogP contribution is 2.44. The zero-order valence-corrected chi connectivity index (χ0v) is 17.4. The second kappa shape index (κ2) is 9.09. The number of hydrogen-bond acceptors (Lipinski definition) is 2. The fraction of sp³-hybridized carbons (Fsp3) is 0.348. The van der Waals surface area contributed by atoms with E-state index in [9.17, 15) is 22.4 Å². The average Bonchev–Trinajstić information content (AvgIpc) is 3.14. The first kappa shape index (κ1) is 22.8. The van der Waals surface area contributed by atoms with Gasteiger partial charge in [0, 0.05) is 26.2 Å². The molecule has 0 bridgehead atoms. The van der Waals surface area contributed by atoms with Gasteiger partial charge in [0.2, 0.25) is 0 Å². The van der Waals surface area contributed by atoms with Gasteiger partial charge in [0.15, 0.2) is 0 Å². The Balaban J connectivity index is 2.17. The predicted octanol–water partition coefficient (Wildman–Crippen LogP) is 4.61. The molecule has 1 aliphatic rings. The first-order valence-electron chi connectivity index (χ1n) is 9.91. The van der Waals surface area contributed by atoms with E-state index in [4.69, 9.17) is 5.73 Å². The molecule has 3 rings (SSSR count). The molecule has 0 aliphatic carbocycles. The third kappa shape index (κ3) is 4.58. The quantitative estimate of drug-likeness (QED) is 0.674. The van der Waals surface area contributed by atoms with E-state index in [-0.39, 0.29) is 31.0 Å². The van der Waals surface area contributed by atoms with Gasteiger partial charge in [0.1, 0.15) is 11.6 Å². The molecule has 0 spiro atoms. The molecular formula is C23H25F4N3O. The molecule has 0 radical (unpaired) electrons. The van der Waals surface area contributed by atoms with E-state index in [1.54, 1.807) is 50.5 Å². The van der Waals surface area contributed by atoms with Crippen molar-refractivity contribution in [2.75, 3.05) is 20.6 Å². The minimum atomic E-state index is -2.71. The summed E-state index contributed by atoms with van der Waals surface area (Å²) in [6, 6.07) is 10.3. The van der Waals surface area contributed by atoms with Gasteiger partial charge >= 0.3 is 6.03 Å². The first-order chi connectivity index (χ1) is 14.7. The van der Waals surface area contributed by atoms with Crippen molar-refractivity contribution in [2.45, 2.75) is 30.8 Å². The Morgan fingerprint density at radius 1 is 1.16 bits per heavy atom. The van der Waals surface area contributed by atoms with Crippen molar-refractivity contribution in [3.8, 4) is 0 Å². The average molecular weight is 435 g/mol. The molecule has 2 amide bonds. The number of rotatable bonds is 6. The monoisotopic (exact) mass is 435 g/mol. The molecule has 2 aromatic rings. The summed E-state index contributed by atoms with van der Waals surface area (Å²) in [5.41, 5.74) is 5.59. The van der Waals surface area contributed by atoms with Crippen LogP contribution in [0.25, 0.3) is 5.57 Å². The standard InChI is InChI=1S/C23H25F4N3O/c1-29(2)22(31)30-14-15(18-12-17(24)8-9-19(18)25)13-23(30,11-10-20(28)21(26)27)16-6-4-3-5-7-16/h3-9,12-13,20-21H,10-11,14,28H2,1-2H3/t20?,23-/m0/s1. The molecule has 0 fully saturated rings. The molecule has 4 nitrogen and oxygen atoms in total. The van der Waals surface area contributed by atoms with Crippen molar-refractivity contribution < 1.29 is 22.4 Å². The molecule has 0 saturated heterocycles. The first-order valence-corrected chi connectivity index (χ1v) is 9.91. The van der Waals surface area contributed by atoms with Crippen LogP contribution in [0.4, 0.5) is 22.4 Å². The lowest BCUT2D eigenvalue weighted by Crippen LogP contribution is -2.50. The highest BCUT2D eigenvalue weighted by molar-refractivity contribution is 5.83. The maximum absolute atomic E-state index is 14.5. The second-order valence-electron chi connectivity index (χ2n) is 7.88. The number of benzene rings is 2. The third-order valence-corrected chi connectivity index (χ3v) is 5.57. The van der Waals surface area contributed by atoms with Gasteiger partial charge in [-0.15, -0.1) is 0 Å². The van der Waals surface area contributed by atoms with Gasteiger partial charge in [-0.05, 0) is 48.3 Å². The zero-order chi connectivity index (χ0) is 22.8. The van der Waals surface area contributed by atoms with Gasteiger partial charge in [0.25, 0.3) is 6.43 Å². The molecular weight excluding hydrogens is 410 g/mol. The Morgan fingerprint density at radius 3 is 2.45 bits per heavy atom. The van der Waals surface area contributed by atoms with E-state index < -0.39 is 29.6 Å². The summed E-state index contributed by atoms with van der Waals surface area (Å²) in [6.45, 7) is -0.00377.